The summed E-state index contributed by atoms with van der Waals surface area (Å²) in [5.41, 5.74) is 2.57. The van der Waals surface area contributed by atoms with Gasteiger partial charge in [-0.25, -0.2) is 0 Å². The van der Waals surface area contributed by atoms with Crippen molar-refractivity contribution in [1.82, 2.24) is 5.32 Å². The van der Waals surface area contributed by atoms with Crippen LogP contribution in [0.25, 0.3) is 0 Å². The van der Waals surface area contributed by atoms with Crippen molar-refractivity contribution in [3.8, 4) is 0 Å². The standard InChI is InChI=1S/C18H18ClN3OS/c19-14-5-3-13(4-6-14)17(23)21-18(24)20-15-7-9-16(10-8-15)22-11-1-2-12-22/h3-10H,1-2,11-12H2,(H2,20,21,23,24). The molecule has 0 aromatic heterocycles. The molecule has 0 atom stereocenters. The van der Waals surface area contributed by atoms with Gasteiger partial charge in [-0.1, -0.05) is 11.6 Å². The van der Waals surface area contributed by atoms with Gasteiger partial charge in [0.15, 0.2) is 5.11 Å². The smallest absolute Gasteiger partial charge is 0.257 e. The van der Waals surface area contributed by atoms with E-state index in [1.165, 1.54) is 18.5 Å². The molecule has 124 valence electrons. The van der Waals surface area contributed by atoms with Crippen molar-refractivity contribution in [2.75, 3.05) is 23.3 Å². The summed E-state index contributed by atoms with van der Waals surface area (Å²) < 4.78 is 0. The maximum atomic E-state index is 12.1. The van der Waals surface area contributed by atoms with E-state index in [9.17, 15) is 4.79 Å². The number of hydrogen-bond donors (Lipinski definition) is 2. The van der Waals surface area contributed by atoms with E-state index >= 15 is 0 Å². The predicted molar refractivity (Wildman–Crippen MR) is 103 cm³/mol. The molecule has 1 aliphatic rings. The Bertz CT molecular complexity index is 725. The molecule has 24 heavy (non-hydrogen) atoms. The minimum absolute atomic E-state index is 0.266. The fourth-order valence-corrected chi connectivity index (χ4v) is 3.01. The summed E-state index contributed by atoms with van der Waals surface area (Å²) in [5, 5.41) is 6.54. The second-order valence-corrected chi connectivity index (χ2v) is 6.50. The van der Waals surface area contributed by atoms with Crippen LogP contribution < -0.4 is 15.5 Å². The number of carbonyl (C=O) groups is 1. The Morgan fingerprint density at radius 1 is 1.00 bits per heavy atom. The van der Waals surface area contributed by atoms with E-state index in [1.807, 2.05) is 12.1 Å². The normalized spacial score (nSPS) is 13.6. The van der Waals surface area contributed by atoms with E-state index in [0.29, 0.717) is 10.6 Å². The van der Waals surface area contributed by atoms with Gasteiger partial charge in [0.1, 0.15) is 0 Å². The summed E-state index contributed by atoms with van der Waals surface area (Å²) >= 11 is 11.0. The number of thiocarbonyl (C=S) groups is 1. The van der Waals surface area contributed by atoms with Gasteiger partial charge in [0.05, 0.1) is 0 Å². The Hall–Kier alpha value is -2.11. The van der Waals surface area contributed by atoms with Crippen LogP contribution >= 0.6 is 23.8 Å². The number of anilines is 2. The number of nitrogens with zero attached hydrogens (tertiary/aromatic N) is 1. The average Bonchev–Trinajstić information content (AvgIpc) is 3.10. The lowest BCUT2D eigenvalue weighted by Crippen LogP contribution is -2.34. The zero-order valence-electron chi connectivity index (χ0n) is 13.1. The summed E-state index contributed by atoms with van der Waals surface area (Å²) in [4.78, 5) is 14.5. The van der Waals surface area contributed by atoms with E-state index in [1.54, 1.807) is 24.3 Å². The summed E-state index contributed by atoms with van der Waals surface area (Å²) in [6.45, 7) is 2.23. The molecule has 2 aromatic carbocycles. The number of nitrogens with one attached hydrogen (secondary N) is 2. The van der Waals surface area contributed by atoms with Crippen LogP contribution in [0.5, 0.6) is 0 Å². The molecule has 0 bridgehead atoms. The van der Waals surface area contributed by atoms with Gasteiger partial charge in [0.25, 0.3) is 5.91 Å². The van der Waals surface area contributed by atoms with Gasteiger partial charge < -0.3 is 10.2 Å². The van der Waals surface area contributed by atoms with Crippen molar-refractivity contribution in [1.29, 1.82) is 0 Å². The molecule has 1 amide bonds. The predicted octanol–water partition coefficient (Wildman–Crippen LogP) is 4.07. The lowest BCUT2D eigenvalue weighted by molar-refractivity contribution is 0.0978. The molecule has 0 aliphatic carbocycles. The molecule has 6 heteroatoms. The van der Waals surface area contributed by atoms with Crippen molar-refractivity contribution in [3.63, 3.8) is 0 Å². The summed E-state index contributed by atoms with van der Waals surface area (Å²) in [6.07, 6.45) is 2.50. The van der Waals surface area contributed by atoms with Crippen LogP contribution in [0.3, 0.4) is 0 Å². The van der Waals surface area contributed by atoms with Gasteiger partial charge in [-0.15, -0.1) is 0 Å². The van der Waals surface area contributed by atoms with Crippen molar-refractivity contribution in [2.24, 2.45) is 0 Å². The highest BCUT2D eigenvalue weighted by Gasteiger charge is 2.12. The van der Waals surface area contributed by atoms with Crippen LogP contribution in [0.1, 0.15) is 23.2 Å². The lowest BCUT2D eigenvalue weighted by atomic mass is 10.2. The first-order valence-corrected chi connectivity index (χ1v) is 8.63. The summed E-state index contributed by atoms with van der Waals surface area (Å²) in [5.74, 6) is -0.266. The SMILES string of the molecule is O=C(NC(=S)Nc1ccc(N2CCCC2)cc1)c1ccc(Cl)cc1. The molecular weight excluding hydrogens is 342 g/mol. The molecular formula is C18H18ClN3OS. The van der Waals surface area contributed by atoms with Crippen LogP contribution in [0.15, 0.2) is 48.5 Å². The molecule has 2 N–H and O–H groups in total. The van der Waals surface area contributed by atoms with Crippen LogP contribution in [0.2, 0.25) is 5.02 Å². The van der Waals surface area contributed by atoms with Crippen LogP contribution in [-0.2, 0) is 0 Å². The number of benzene rings is 2. The van der Waals surface area contributed by atoms with E-state index in [-0.39, 0.29) is 11.0 Å². The Morgan fingerprint density at radius 3 is 2.25 bits per heavy atom. The fourth-order valence-electron chi connectivity index (χ4n) is 2.67. The third-order valence-electron chi connectivity index (χ3n) is 3.93. The maximum absolute atomic E-state index is 12.1. The van der Waals surface area contributed by atoms with Crippen molar-refractivity contribution in [2.45, 2.75) is 12.8 Å². The molecule has 0 spiro atoms. The highest BCUT2D eigenvalue weighted by atomic mass is 35.5. The van der Waals surface area contributed by atoms with Crippen LogP contribution in [-0.4, -0.2) is 24.1 Å². The lowest BCUT2D eigenvalue weighted by Gasteiger charge is -2.18. The zero-order valence-corrected chi connectivity index (χ0v) is 14.7. The van der Waals surface area contributed by atoms with Gasteiger partial charge in [0.2, 0.25) is 0 Å². The Labute approximate surface area is 151 Å². The van der Waals surface area contributed by atoms with Crippen molar-refractivity contribution >= 4 is 46.2 Å². The first-order valence-electron chi connectivity index (χ1n) is 7.85. The summed E-state index contributed by atoms with van der Waals surface area (Å²) in [7, 11) is 0. The quantitative estimate of drug-likeness (QED) is 0.811. The van der Waals surface area contributed by atoms with Gasteiger partial charge in [-0.3, -0.25) is 10.1 Å². The Kier molecular flexibility index (Phi) is 5.33. The van der Waals surface area contributed by atoms with E-state index in [2.05, 4.69) is 27.7 Å². The van der Waals surface area contributed by atoms with E-state index < -0.39 is 0 Å². The third-order valence-corrected chi connectivity index (χ3v) is 4.39. The fraction of sp³-hybridized carbons (Fsp3) is 0.222. The summed E-state index contributed by atoms with van der Waals surface area (Å²) in [6, 6.07) is 14.7. The second-order valence-electron chi connectivity index (χ2n) is 5.66. The number of amides is 1. The van der Waals surface area contributed by atoms with Gasteiger partial charge in [0, 0.05) is 35.1 Å². The minimum Gasteiger partial charge on any atom is -0.372 e. The van der Waals surface area contributed by atoms with Gasteiger partial charge in [-0.05, 0) is 73.6 Å². The first kappa shape index (κ1) is 16.7. The highest BCUT2D eigenvalue weighted by molar-refractivity contribution is 7.80. The van der Waals surface area contributed by atoms with Gasteiger partial charge >= 0.3 is 0 Å². The average molecular weight is 360 g/mol. The number of halogens is 1. The molecule has 0 radical (unpaired) electrons. The monoisotopic (exact) mass is 359 g/mol. The largest absolute Gasteiger partial charge is 0.372 e. The molecule has 2 aromatic rings. The molecule has 1 fully saturated rings. The molecule has 3 rings (SSSR count). The van der Waals surface area contributed by atoms with E-state index in [4.69, 9.17) is 23.8 Å². The van der Waals surface area contributed by atoms with Crippen molar-refractivity contribution < 1.29 is 4.79 Å². The van der Waals surface area contributed by atoms with Gasteiger partial charge in [-0.2, -0.15) is 0 Å². The molecule has 0 unspecified atom stereocenters. The highest BCUT2D eigenvalue weighted by Crippen LogP contribution is 2.22. The molecule has 4 nitrogen and oxygen atoms in total. The molecule has 0 saturated carbocycles. The molecule has 1 aliphatic heterocycles. The number of carbonyl (C=O) groups excluding carboxylic acids is 1. The maximum Gasteiger partial charge on any atom is 0.257 e. The van der Waals surface area contributed by atoms with Crippen LogP contribution in [0, 0.1) is 0 Å². The second kappa shape index (κ2) is 7.64. The topological polar surface area (TPSA) is 44.4 Å². The minimum atomic E-state index is -0.266. The number of rotatable bonds is 3. The van der Waals surface area contributed by atoms with E-state index in [0.717, 1.165) is 18.8 Å². The Balaban J connectivity index is 1.56. The van der Waals surface area contributed by atoms with Crippen LogP contribution in [0.4, 0.5) is 11.4 Å². The third kappa shape index (κ3) is 4.24. The zero-order chi connectivity index (χ0) is 16.9. The Morgan fingerprint density at radius 2 is 1.62 bits per heavy atom. The van der Waals surface area contributed by atoms with Crippen molar-refractivity contribution in [3.05, 3.63) is 59.1 Å². The number of hydrogen-bond acceptors (Lipinski definition) is 3. The first-order chi connectivity index (χ1) is 11.6. The molecule has 1 heterocycles. The molecule has 1 saturated heterocycles.